The summed E-state index contributed by atoms with van der Waals surface area (Å²) in [5, 5.41) is 0. The molecule has 0 spiro atoms. The van der Waals surface area contributed by atoms with Crippen LogP contribution in [0.25, 0.3) is 0 Å². The molecule has 0 aromatic heterocycles. The largest absolute Gasteiger partial charge is 2.00 e. The zero-order valence-corrected chi connectivity index (χ0v) is 17.8. The van der Waals surface area contributed by atoms with Crippen molar-refractivity contribution < 1.29 is 35.1 Å². The molecule has 18 heavy (non-hydrogen) atoms. The minimum absolute atomic E-state index is 0. The topological polar surface area (TPSA) is 102 Å². The molecule has 0 saturated heterocycles. The van der Waals surface area contributed by atoms with Gasteiger partial charge in [0, 0.05) is 0 Å². The molecule has 0 bridgehead atoms. The maximum atomic E-state index is 12.1. The van der Waals surface area contributed by atoms with Crippen molar-refractivity contribution in [3.8, 4) is 0 Å². The van der Waals surface area contributed by atoms with E-state index >= 15 is 0 Å². The molecule has 0 unspecified atom stereocenters. The van der Waals surface area contributed by atoms with Crippen LogP contribution in [0.2, 0.25) is 0 Å². The Balaban J connectivity index is -0.000000427. The Morgan fingerprint density at radius 3 is 1.33 bits per heavy atom. The molecule has 0 rings (SSSR count). The van der Waals surface area contributed by atoms with Crippen molar-refractivity contribution in [2.45, 2.75) is 52.7 Å². The number of phosphoric ester groups is 1. The van der Waals surface area contributed by atoms with E-state index in [9.17, 15) is 9.13 Å². The predicted octanol–water partition coefficient (Wildman–Crippen LogP) is 2.68. The van der Waals surface area contributed by atoms with Crippen LogP contribution in [0, 0.1) is 0 Å². The van der Waals surface area contributed by atoms with E-state index in [4.69, 9.17) is 18.8 Å². The second-order valence-electron chi connectivity index (χ2n) is 5.43. The molecule has 0 aliphatic rings. The van der Waals surface area contributed by atoms with Crippen LogP contribution < -0.4 is 0 Å². The maximum absolute atomic E-state index is 12.1. The first kappa shape index (κ1) is 22.1. The molecule has 0 radical (unpaired) electrons. The molecule has 0 aromatic rings. The number of hydrogen-bond acceptors (Lipinski definition) is 5. The van der Waals surface area contributed by atoms with E-state index in [-0.39, 0.29) is 51.7 Å². The quantitative estimate of drug-likeness (QED) is 0.523. The van der Waals surface area contributed by atoms with Crippen molar-refractivity contribution in [1.29, 1.82) is 0 Å². The summed E-state index contributed by atoms with van der Waals surface area (Å²) in [6.45, 7) is 9.39. The molecule has 0 amide bonds. The van der Waals surface area contributed by atoms with Crippen molar-refractivity contribution >= 4 is 64.5 Å². The Kier molecular flexibility index (Phi) is 8.85. The summed E-state index contributed by atoms with van der Waals surface area (Å²) in [5.74, 6) is 0. The third-order valence-electron chi connectivity index (χ3n) is 0.978. The first-order valence-corrected chi connectivity index (χ1v) is 7.89. The molecule has 7 nitrogen and oxygen atoms in total. The van der Waals surface area contributed by atoms with Crippen LogP contribution in [0.3, 0.4) is 0 Å². The van der Waals surface area contributed by atoms with E-state index in [0.717, 1.165) is 0 Å². The van der Waals surface area contributed by atoms with Gasteiger partial charge in [-0.05, 0) is 41.5 Å². The molecule has 10 heteroatoms. The fourth-order valence-corrected chi connectivity index (χ4v) is 3.54. The van der Waals surface area contributed by atoms with Crippen LogP contribution in [0.1, 0.15) is 44.4 Å². The number of rotatable bonds is 4. The minimum Gasteiger partial charge on any atom is -1.00 e. The van der Waals surface area contributed by atoms with Crippen molar-refractivity contribution in [3.05, 3.63) is 0 Å². The molecule has 0 saturated carbocycles. The summed E-state index contributed by atoms with van der Waals surface area (Å²) in [6, 6.07) is 0. The average Bonchev–Trinajstić information content (AvgIpc) is 1.65. The van der Waals surface area contributed by atoms with Gasteiger partial charge in [-0.2, -0.15) is 4.31 Å². The summed E-state index contributed by atoms with van der Waals surface area (Å²) in [6.07, 6.45) is 0. The van der Waals surface area contributed by atoms with Crippen molar-refractivity contribution in [2.24, 2.45) is 0 Å². The summed E-state index contributed by atoms with van der Waals surface area (Å²) in [5.41, 5.74) is -1.87. The Morgan fingerprint density at radius 2 is 1.17 bits per heavy atom. The van der Waals surface area contributed by atoms with Gasteiger partial charge in [-0.15, -0.1) is 0 Å². The van der Waals surface area contributed by atoms with Crippen LogP contribution in [-0.4, -0.2) is 69.9 Å². The molecule has 0 atom stereocenters. The average molecular weight is 430 g/mol. The zero-order chi connectivity index (χ0) is 14.1. The van der Waals surface area contributed by atoms with Crippen LogP contribution in [0.15, 0.2) is 0 Å². The van der Waals surface area contributed by atoms with Crippen LogP contribution in [0.5, 0.6) is 0 Å². The molecular formula is C8H22BaO7P2. The Bertz CT molecular complexity index is 341. The van der Waals surface area contributed by atoms with Gasteiger partial charge in [0.15, 0.2) is 0 Å². The van der Waals surface area contributed by atoms with E-state index in [2.05, 4.69) is 4.31 Å². The molecule has 108 valence electrons. The van der Waals surface area contributed by atoms with Crippen LogP contribution >= 0.6 is 15.6 Å². The van der Waals surface area contributed by atoms with E-state index in [1.807, 2.05) is 0 Å². The first-order chi connectivity index (χ1) is 7.12. The Hall–Kier alpha value is 1.83. The Labute approximate surface area is 151 Å². The van der Waals surface area contributed by atoms with E-state index in [1.165, 1.54) is 0 Å². The van der Waals surface area contributed by atoms with E-state index in [0.29, 0.717) is 0 Å². The standard InChI is InChI=1S/C8H20O7P2.Ba.2H/c1-7(2,3)13-17(12,14-8(4,5)6)15-16(9,10)11;;;/h1-6H3,(H2,9,10,11);;;/q;+2;2*-1. The molecule has 0 aromatic carbocycles. The molecule has 0 heterocycles. The van der Waals surface area contributed by atoms with Crippen LogP contribution in [0.4, 0.5) is 0 Å². The third-order valence-corrected chi connectivity index (χ3v) is 4.17. The molecule has 0 aliphatic carbocycles. The van der Waals surface area contributed by atoms with Crippen molar-refractivity contribution in [2.75, 3.05) is 0 Å². The zero-order valence-electron chi connectivity index (χ0n) is 13.5. The molecular weight excluding hydrogens is 407 g/mol. The Morgan fingerprint density at radius 1 is 0.889 bits per heavy atom. The van der Waals surface area contributed by atoms with Crippen molar-refractivity contribution in [3.63, 3.8) is 0 Å². The van der Waals surface area contributed by atoms with Crippen molar-refractivity contribution in [1.82, 2.24) is 0 Å². The summed E-state index contributed by atoms with van der Waals surface area (Å²) in [4.78, 5) is 17.4. The smallest absolute Gasteiger partial charge is 1.00 e. The number of phosphoric acid groups is 2. The molecule has 0 fully saturated rings. The van der Waals surface area contributed by atoms with Crippen LogP contribution in [-0.2, 0) is 22.5 Å². The fourth-order valence-electron chi connectivity index (χ4n) is 0.853. The first-order valence-electron chi connectivity index (χ1n) is 4.90. The van der Waals surface area contributed by atoms with Gasteiger partial charge >= 0.3 is 64.5 Å². The summed E-state index contributed by atoms with van der Waals surface area (Å²) in [7, 11) is -9.32. The maximum Gasteiger partial charge on any atom is 2.00 e. The van der Waals surface area contributed by atoms with Gasteiger partial charge in [-0.1, -0.05) is 0 Å². The van der Waals surface area contributed by atoms with Gasteiger partial charge < -0.3 is 12.6 Å². The molecule has 2 N–H and O–H groups in total. The van der Waals surface area contributed by atoms with Gasteiger partial charge in [0.05, 0.1) is 11.2 Å². The second-order valence-corrected chi connectivity index (χ2v) is 8.32. The minimum atomic E-state index is -4.97. The van der Waals surface area contributed by atoms with Gasteiger partial charge in [0.1, 0.15) is 0 Å². The molecule has 0 aliphatic heterocycles. The SMILES string of the molecule is CC(C)(C)OP(=O)(OC(C)(C)C)OP(=O)(O)O.[Ba+2].[H-].[H-]. The van der Waals surface area contributed by atoms with Gasteiger partial charge in [0.2, 0.25) is 0 Å². The normalized spacial score (nSPS) is 14.2. The van der Waals surface area contributed by atoms with E-state index < -0.39 is 26.8 Å². The fraction of sp³-hybridized carbons (Fsp3) is 1.00. The number of hydrogen-bond donors (Lipinski definition) is 2. The third kappa shape index (κ3) is 12.8. The van der Waals surface area contributed by atoms with Gasteiger partial charge in [-0.3, -0.25) is 9.05 Å². The summed E-state index contributed by atoms with van der Waals surface area (Å²) < 4.78 is 37.0. The van der Waals surface area contributed by atoms with Gasteiger partial charge in [-0.25, -0.2) is 9.13 Å². The monoisotopic (exact) mass is 430 g/mol. The predicted molar refractivity (Wildman–Crippen MR) is 70.4 cm³/mol. The van der Waals surface area contributed by atoms with Gasteiger partial charge in [0.25, 0.3) is 0 Å². The van der Waals surface area contributed by atoms with E-state index in [1.54, 1.807) is 41.5 Å². The summed E-state index contributed by atoms with van der Waals surface area (Å²) >= 11 is 0. The second kappa shape index (κ2) is 7.20.